The van der Waals surface area contributed by atoms with E-state index in [0.717, 1.165) is 29.8 Å². The summed E-state index contributed by atoms with van der Waals surface area (Å²) in [6.45, 7) is 5.76. The maximum atomic E-state index is 13.7. The van der Waals surface area contributed by atoms with Gasteiger partial charge in [0.15, 0.2) is 0 Å². The number of halogens is 1. The molecule has 1 heterocycles. The maximum Gasteiger partial charge on any atom is 0.123 e. The van der Waals surface area contributed by atoms with Crippen LogP contribution in [0.3, 0.4) is 0 Å². The molecule has 0 saturated carbocycles. The van der Waals surface area contributed by atoms with Crippen molar-refractivity contribution in [2.24, 2.45) is 0 Å². The van der Waals surface area contributed by atoms with Crippen LogP contribution in [0.5, 0.6) is 0 Å². The van der Waals surface area contributed by atoms with E-state index in [1.165, 1.54) is 12.1 Å². The Hall–Kier alpha value is -2.53. The molecule has 0 aliphatic carbocycles. The molecule has 30 heavy (non-hydrogen) atoms. The first-order valence-corrected chi connectivity index (χ1v) is 10.5. The van der Waals surface area contributed by atoms with Crippen molar-refractivity contribution in [3.63, 3.8) is 0 Å². The molecule has 0 amide bonds. The molecule has 0 radical (unpaired) electrons. The zero-order valence-electron chi connectivity index (χ0n) is 17.3. The Kier molecular flexibility index (Phi) is 6.28. The molecule has 0 bridgehead atoms. The Morgan fingerprint density at radius 2 is 1.47 bits per heavy atom. The first-order chi connectivity index (χ1) is 14.6. The summed E-state index contributed by atoms with van der Waals surface area (Å²) in [5, 5.41) is 12.4. The zero-order valence-corrected chi connectivity index (χ0v) is 17.3. The summed E-state index contributed by atoms with van der Waals surface area (Å²) in [5.41, 5.74) is 2.37. The van der Waals surface area contributed by atoms with Gasteiger partial charge < -0.3 is 9.84 Å². The van der Waals surface area contributed by atoms with Crippen molar-refractivity contribution >= 4 is 0 Å². The molecule has 0 spiro atoms. The number of nitrogens with zero attached hydrogens (tertiary/aromatic N) is 1. The van der Waals surface area contributed by atoms with Gasteiger partial charge in [0.05, 0.1) is 13.2 Å². The summed E-state index contributed by atoms with van der Waals surface area (Å²) in [4.78, 5) is 2.34. The predicted octanol–water partition coefficient (Wildman–Crippen LogP) is 4.49. The Morgan fingerprint density at radius 1 is 0.900 bits per heavy atom. The molecule has 1 N–H and O–H groups in total. The third-order valence-corrected chi connectivity index (χ3v) is 6.03. The van der Waals surface area contributed by atoms with Gasteiger partial charge in [0.1, 0.15) is 11.4 Å². The van der Waals surface area contributed by atoms with Gasteiger partial charge in [-0.25, -0.2) is 4.39 Å². The Balaban J connectivity index is 1.85. The SMILES string of the molecule is Cc1ccc(C(O)(c2ccc(F)cc2)C(CN2CCOCC2)c2ccccc2)cc1. The highest BCUT2D eigenvalue weighted by atomic mass is 19.1. The standard InChI is InChI=1S/C26H28FNO2/c1-20-7-9-22(10-8-20)26(29,23-11-13-24(27)14-12-23)25(21-5-3-2-4-6-21)19-28-15-17-30-18-16-28/h2-14,25,29H,15-19H2,1H3. The van der Waals surface area contributed by atoms with Crippen LogP contribution in [0.1, 0.15) is 28.2 Å². The number of benzene rings is 3. The Labute approximate surface area is 177 Å². The number of rotatable bonds is 6. The van der Waals surface area contributed by atoms with E-state index in [-0.39, 0.29) is 11.7 Å². The molecule has 2 atom stereocenters. The molecule has 3 aromatic carbocycles. The molecule has 4 heteroatoms. The molecular formula is C26H28FNO2. The van der Waals surface area contributed by atoms with Crippen molar-refractivity contribution in [2.75, 3.05) is 32.8 Å². The van der Waals surface area contributed by atoms with Crippen LogP contribution in [0.2, 0.25) is 0 Å². The van der Waals surface area contributed by atoms with Crippen LogP contribution >= 0.6 is 0 Å². The van der Waals surface area contributed by atoms with Crippen molar-refractivity contribution in [2.45, 2.75) is 18.4 Å². The minimum absolute atomic E-state index is 0.232. The van der Waals surface area contributed by atoms with E-state index >= 15 is 0 Å². The van der Waals surface area contributed by atoms with Crippen molar-refractivity contribution in [3.05, 3.63) is 107 Å². The lowest BCUT2D eigenvalue weighted by atomic mass is 9.72. The second-order valence-electron chi connectivity index (χ2n) is 8.02. The fourth-order valence-corrected chi connectivity index (χ4v) is 4.29. The topological polar surface area (TPSA) is 32.7 Å². The van der Waals surface area contributed by atoms with E-state index in [1.54, 1.807) is 12.1 Å². The summed E-state index contributed by atoms with van der Waals surface area (Å²) in [7, 11) is 0. The maximum absolute atomic E-state index is 13.7. The largest absolute Gasteiger partial charge is 0.380 e. The molecular weight excluding hydrogens is 377 g/mol. The average Bonchev–Trinajstić information content (AvgIpc) is 2.79. The van der Waals surface area contributed by atoms with Gasteiger partial charge in [0, 0.05) is 25.6 Å². The lowest BCUT2D eigenvalue weighted by Crippen LogP contribution is -2.45. The van der Waals surface area contributed by atoms with Gasteiger partial charge in [0.25, 0.3) is 0 Å². The van der Waals surface area contributed by atoms with Gasteiger partial charge in [-0.05, 0) is 35.7 Å². The quantitative estimate of drug-likeness (QED) is 0.656. The van der Waals surface area contributed by atoms with Crippen molar-refractivity contribution < 1.29 is 14.2 Å². The van der Waals surface area contributed by atoms with Crippen molar-refractivity contribution in [3.8, 4) is 0 Å². The van der Waals surface area contributed by atoms with Crippen LogP contribution in [0, 0.1) is 12.7 Å². The van der Waals surface area contributed by atoms with E-state index in [4.69, 9.17) is 4.74 Å². The summed E-state index contributed by atoms with van der Waals surface area (Å²) >= 11 is 0. The Bertz CT molecular complexity index is 890. The minimum Gasteiger partial charge on any atom is -0.380 e. The van der Waals surface area contributed by atoms with Gasteiger partial charge in [-0.2, -0.15) is 0 Å². The highest BCUT2D eigenvalue weighted by Gasteiger charge is 2.42. The first kappa shape index (κ1) is 20.7. The summed E-state index contributed by atoms with van der Waals surface area (Å²) in [5.74, 6) is -0.542. The number of aliphatic hydroxyl groups is 1. The molecule has 3 nitrogen and oxygen atoms in total. The van der Waals surface area contributed by atoms with E-state index in [0.29, 0.717) is 25.3 Å². The normalized spacial score (nSPS) is 18.0. The second-order valence-corrected chi connectivity index (χ2v) is 8.02. The van der Waals surface area contributed by atoms with Crippen molar-refractivity contribution in [1.82, 2.24) is 4.90 Å². The third kappa shape index (κ3) is 4.31. The monoisotopic (exact) mass is 405 g/mol. The predicted molar refractivity (Wildman–Crippen MR) is 117 cm³/mol. The molecule has 3 aromatic rings. The first-order valence-electron chi connectivity index (χ1n) is 10.5. The zero-order chi connectivity index (χ0) is 21.0. The minimum atomic E-state index is -1.30. The molecule has 1 aliphatic heterocycles. The number of morpholine rings is 1. The molecule has 0 aromatic heterocycles. The summed E-state index contributed by atoms with van der Waals surface area (Å²) < 4.78 is 19.2. The third-order valence-electron chi connectivity index (χ3n) is 6.03. The molecule has 156 valence electrons. The van der Waals surface area contributed by atoms with Crippen LogP contribution in [0.15, 0.2) is 78.9 Å². The van der Waals surface area contributed by atoms with E-state index in [1.807, 2.05) is 49.4 Å². The lowest BCUT2D eigenvalue weighted by molar-refractivity contribution is 0.000740. The van der Waals surface area contributed by atoms with Crippen LogP contribution in [-0.4, -0.2) is 42.9 Å². The van der Waals surface area contributed by atoms with E-state index in [9.17, 15) is 9.50 Å². The van der Waals surface area contributed by atoms with Crippen molar-refractivity contribution in [1.29, 1.82) is 0 Å². The average molecular weight is 406 g/mol. The number of hydrogen-bond acceptors (Lipinski definition) is 3. The molecule has 2 unspecified atom stereocenters. The highest BCUT2D eigenvalue weighted by molar-refractivity contribution is 5.43. The van der Waals surface area contributed by atoms with E-state index in [2.05, 4.69) is 17.0 Å². The number of aryl methyl sites for hydroxylation is 1. The second kappa shape index (κ2) is 9.09. The van der Waals surface area contributed by atoms with Gasteiger partial charge in [-0.15, -0.1) is 0 Å². The Morgan fingerprint density at radius 3 is 2.07 bits per heavy atom. The molecule has 1 fully saturated rings. The van der Waals surface area contributed by atoms with E-state index < -0.39 is 5.60 Å². The number of ether oxygens (including phenoxy) is 1. The van der Waals surface area contributed by atoms with Crippen LogP contribution in [0.25, 0.3) is 0 Å². The van der Waals surface area contributed by atoms with Gasteiger partial charge in [-0.1, -0.05) is 72.3 Å². The molecule has 1 saturated heterocycles. The number of hydrogen-bond donors (Lipinski definition) is 1. The van der Waals surface area contributed by atoms with Crippen LogP contribution in [0.4, 0.5) is 4.39 Å². The van der Waals surface area contributed by atoms with Gasteiger partial charge in [0.2, 0.25) is 0 Å². The fraction of sp³-hybridized carbons (Fsp3) is 0.308. The lowest BCUT2D eigenvalue weighted by Gasteiger charge is -2.41. The van der Waals surface area contributed by atoms with Gasteiger partial charge in [-0.3, -0.25) is 4.90 Å². The summed E-state index contributed by atoms with van der Waals surface area (Å²) in [6.07, 6.45) is 0. The highest BCUT2D eigenvalue weighted by Crippen LogP contribution is 2.43. The van der Waals surface area contributed by atoms with Gasteiger partial charge >= 0.3 is 0 Å². The fourth-order valence-electron chi connectivity index (χ4n) is 4.29. The summed E-state index contributed by atoms with van der Waals surface area (Å²) in [6, 6.07) is 24.3. The van der Waals surface area contributed by atoms with Crippen LogP contribution in [-0.2, 0) is 10.3 Å². The molecule has 4 rings (SSSR count). The smallest absolute Gasteiger partial charge is 0.123 e. The molecule has 1 aliphatic rings. The van der Waals surface area contributed by atoms with Crippen LogP contribution < -0.4 is 0 Å².